The first kappa shape index (κ1) is 14.7. The SMILES string of the molecule is CSc1ccc(CCC(=O)NCCn2cccc2)cc1. The number of carbonyl (C=O) groups excluding carboxylic acids is 1. The van der Waals surface area contributed by atoms with Gasteiger partial charge < -0.3 is 9.88 Å². The second kappa shape index (κ2) is 7.80. The van der Waals surface area contributed by atoms with Gasteiger partial charge in [0.25, 0.3) is 0 Å². The molecule has 1 N–H and O–H groups in total. The zero-order valence-corrected chi connectivity index (χ0v) is 12.5. The van der Waals surface area contributed by atoms with Gasteiger partial charge in [-0.2, -0.15) is 0 Å². The van der Waals surface area contributed by atoms with E-state index in [1.807, 2.05) is 24.5 Å². The third-order valence-corrected chi connectivity index (χ3v) is 3.90. The van der Waals surface area contributed by atoms with E-state index in [1.165, 1.54) is 10.5 Å². The lowest BCUT2D eigenvalue weighted by Gasteiger charge is -2.06. The van der Waals surface area contributed by atoms with Gasteiger partial charge in [-0.1, -0.05) is 12.1 Å². The number of hydrogen-bond donors (Lipinski definition) is 1. The summed E-state index contributed by atoms with van der Waals surface area (Å²) in [6.07, 6.45) is 7.40. The van der Waals surface area contributed by atoms with E-state index in [-0.39, 0.29) is 5.91 Å². The van der Waals surface area contributed by atoms with Crippen LogP contribution in [-0.2, 0) is 17.8 Å². The summed E-state index contributed by atoms with van der Waals surface area (Å²) in [4.78, 5) is 13.0. The molecular weight excluding hydrogens is 268 g/mol. The van der Waals surface area contributed by atoms with Crippen molar-refractivity contribution in [1.82, 2.24) is 9.88 Å². The van der Waals surface area contributed by atoms with E-state index < -0.39 is 0 Å². The highest BCUT2D eigenvalue weighted by Crippen LogP contribution is 2.15. The number of nitrogens with one attached hydrogen (secondary N) is 1. The van der Waals surface area contributed by atoms with Crippen LogP contribution in [0.5, 0.6) is 0 Å². The van der Waals surface area contributed by atoms with Crippen LogP contribution in [-0.4, -0.2) is 23.3 Å². The Labute approximate surface area is 124 Å². The van der Waals surface area contributed by atoms with Crippen molar-refractivity contribution >= 4 is 17.7 Å². The first-order valence-electron chi connectivity index (χ1n) is 6.78. The molecule has 0 fully saturated rings. The number of benzene rings is 1. The fourth-order valence-electron chi connectivity index (χ4n) is 1.98. The molecule has 0 atom stereocenters. The highest BCUT2D eigenvalue weighted by Gasteiger charge is 2.02. The number of thioether (sulfide) groups is 1. The molecule has 1 amide bonds. The van der Waals surface area contributed by atoms with E-state index in [9.17, 15) is 4.79 Å². The smallest absolute Gasteiger partial charge is 0.220 e. The lowest BCUT2D eigenvalue weighted by molar-refractivity contribution is -0.121. The van der Waals surface area contributed by atoms with Gasteiger partial charge in [-0.3, -0.25) is 4.79 Å². The largest absolute Gasteiger partial charge is 0.354 e. The van der Waals surface area contributed by atoms with Crippen molar-refractivity contribution in [3.05, 3.63) is 54.4 Å². The summed E-state index contributed by atoms with van der Waals surface area (Å²) in [6.45, 7) is 1.50. The van der Waals surface area contributed by atoms with Crippen LogP contribution in [0.3, 0.4) is 0 Å². The second-order valence-corrected chi connectivity index (χ2v) is 5.50. The predicted octanol–water partition coefficient (Wildman–Crippen LogP) is 2.96. The maximum atomic E-state index is 11.7. The Hall–Kier alpha value is -1.68. The van der Waals surface area contributed by atoms with Gasteiger partial charge in [0.15, 0.2) is 0 Å². The van der Waals surface area contributed by atoms with Crippen molar-refractivity contribution < 1.29 is 4.79 Å². The molecule has 0 spiro atoms. The Morgan fingerprint density at radius 3 is 2.55 bits per heavy atom. The van der Waals surface area contributed by atoms with Crippen LogP contribution in [0.1, 0.15) is 12.0 Å². The summed E-state index contributed by atoms with van der Waals surface area (Å²) in [5.41, 5.74) is 1.21. The zero-order chi connectivity index (χ0) is 14.2. The fraction of sp³-hybridized carbons (Fsp3) is 0.312. The summed E-state index contributed by atoms with van der Waals surface area (Å²) >= 11 is 1.73. The fourth-order valence-corrected chi connectivity index (χ4v) is 2.39. The molecule has 0 aliphatic rings. The van der Waals surface area contributed by atoms with E-state index in [4.69, 9.17) is 0 Å². The Kier molecular flexibility index (Phi) is 5.74. The monoisotopic (exact) mass is 288 g/mol. The molecule has 1 aromatic heterocycles. The Bertz CT molecular complexity index is 520. The standard InChI is InChI=1S/C16H20N2OS/c1-20-15-7-4-14(5-8-15)6-9-16(19)17-10-13-18-11-2-3-12-18/h2-5,7-8,11-12H,6,9-10,13H2,1H3,(H,17,19). The van der Waals surface area contributed by atoms with Crippen molar-refractivity contribution in [3.8, 4) is 0 Å². The van der Waals surface area contributed by atoms with Gasteiger partial charge in [0.2, 0.25) is 5.91 Å². The molecule has 2 rings (SSSR count). The van der Waals surface area contributed by atoms with Crippen LogP contribution in [0.4, 0.5) is 0 Å². The molecule has 0 aliphatic heterocycles. The zero-order valence-electron chi connectivity index (χ0n) is 11.7. The molecule has 0 saturated carbocycles. The highest BCUT2D eigenvalue weighted by molar-refractivity contribution is 7.98. The van der Waals surface area contributed by atoms with Crippen LogP contribution < -0.4 is 5.32 Å². The van der Waals surface area contributed by atoms with E-state index >= 15 is 0 Å². The molecule has 0 saturated heterocycles. The predicted molar refractivity (Wildman–Crippen MR) is 84.0 cm³/mol. The van der Waals surface area contributed by atoms with Gasteiger partial charge >= 0.3 is 0 Å². The van der Waals surface area contributed by atoms with Crippen LogP contribution in [0.15, 0.2) is 53.7 Å². The van der Waals surface area contributed by atoms with Crippen LogP contribution >= 0.6 is 11.8 Å². The number of rotatable bonds is 7. The van der Waals surface area contributed by atoms with Gasteiger partial charge in [0.05, 0.1) is 0 Å². The molecule has 0 bridgehead atoms. The van der Waals surface area contributed by atoms with Crippen molar-refractivity contribution in [2.45, 2.75) is 24.3 Å². The third-order valence-electron chi connectivity index (χ3n) is 3.16. The average Bonchev–Trinajstić information content (AvgIpc) is 2.99. The lowest BCUT2D eigenvalue weighted by atomic mass is 10.1. The Balaban J connectivity index is 1.66. The molecule has 3 nitrogen and oxygen atoms in total. The quantitative estimate of drug-likeness (QED) is 0.795. The highest BCUT2D eigenvalue weighted by atomic mass is 32.2. The molecule has 0 unspecified atom stereocenters. The second-order valence-electron chi connectivity index (χ2n) is 4.62. The molecule has 4 heteroatoms. The van der Waals surface area contributed by atoms with E-state index in [0.29, 0.717) is 13.0 Å². The molecule has 106 valence electrons. The van der Waals surface area contributed by atoms with Crippen molar-refractivity contribution in [2.75, 3.05) is 12.8 Å². The summed E-state index contributed by atoms with van der Waals surface area (Å²) in [5.74, 6) is 0.117. The minimum atomic E-state index is 0.117. The maximum absolute atomic E-state index is 11.7. The summed E-state index contributed by atoms with van der Waals surface area (Å²) in [6, 6.07) is 12.4. The number of aryl methyl sites for hydroxylation is 1. The Morgan fingerprint density at radius 2 is 1.90 bits per heavy atom. The number of carbonyl (C=O) groups is 1. The first-order chi connectivity index (χ1) is 9.78. The molecule has 0 radical (unpaired) electrons. The van der Waals surface area contributed by atoms with Crippen LogP contribution in [0.25, 0.3) is 0 Å². The summed E-state index contributed by atoms with van der Waals surface area (Å²) in [5, 5.41) is 2.95. The minimum Gasteiger partial charge on any atom is -0.354 e. The topological polar surface area (TPSA) is 34.0 Å². The number of nitrogens with zero attached hydrogens (tertiary/aromatic N) is 1. The number of aromatic nitrogens is 1. The molecular formula is C16H20N2OS. The van der Waals surface area contributed by atoms with Crippen LogP contribution in [0.2, 0.25) is 0 Å². The third kappa shape index (κ3) is 4.78. The van der Waals surface area contributed by atoms with Gasteiger partial charge in [-0.15, -0.1) is 11.8 Å². The Morgan fingerprint density at radius 1 is 1.20 bits per heavy atom. The van der Waals surface area contributed by atoms with Gasteiger partial charge in [-0.05, 0) is 42.5 Å². The summed E-state index contributed by atoms with van der Waals surface area (Å²) in [7, 11) is 0. The van der Waals surface area contributed by atoms with Gasteiger partial charge in [0.1, 0.15) is 0 Å². The molecule has 1 heterocycles. The first-order valence-corrected chi connectivity index (χ1v) is 8.01. The van der Waals surface area contributed by atoms with Crippen molar-refractivity contribution in [3.63, 3.8) is 0 Å². The van der Waals surface area contributed by atoms with E-state index in [1.54, 1.807) is 11.8 Å². The number of amides is 1. The minimum absolute atomic E-state index is 0.117. The normalized spacial score (nSPS) is 10.4. The van der Waals surface area contributed by atoms with Crippen molar-refractivity contribution in [1.29, 1.82) is 0 Å². The molecule has 0 aliphatic carbocycles. The van der Waals surface area contributed by atoms with Gasteiger partial charge in [0, 0.05) is 36.8 Å². The number of hydrogen-bond acceptors (Lipinski definition) is 2. The van der Waals surface area contributed by atoms with E-state index in [0.717, 1.165) is 13.0 Å². The van der Waals surface area contributed by atoms with Crippen LogP contribution in [0, 0.1) is 0 Å². The van der Waals surface area contributed by atoms with Crippen molar-refractivity contribution in [2.24, 2.45) is 0 Å². The summed E-state index contributed by atoms with van der Waals surface area (Å²) < 4.78 is 2.06. The molecule has 2 aromatic rings. The average molecular weight is 288 g/mol. The lowest BCUT2D eigenvalue weighted by Crippen LogP contribution is -2.27. The van der Waals surface area contributed by atoms with E-state index in [2.05, 4.69) is 40.4 Å². The van der Waals surface area contributed by atoms with Gasteiger partial charge in [-0.25, -0.2) is 0 Å². The molecule has 20 heavy (non-hydrogen) atoms. The molecule has 1 aromatic carbocycles. The maximum Gasteiger partial charge on any atom is 0.220 e.